The van der Waals surface area contributed by atoms with Crippen molar-refractivity contribution in [1.29, 1.82) is 0 Å². The Labute approximate surface area is 313 Å². The van der Waals surface area contributed by atoms with Gasteiger partial charge in [-0.1, -0.05) is 94.5 Å². The van der Waals surface area contributed by atoms with Crippen LogP contribution >= 0.6 is 166 Å². The van der Waals surface area contributed by atoms with Crippen molar-refractivity contribution < 1.29 is 0 Å². The molecule has 4 rings (SSSR count). The summed E-state index contributed by atoms with van der Waals surface area (Å²) in [6.07, 6.45) is 10.6. The van der Waals surface area contributed by atoms with Crippen LogP contribution in [0.4, 0.5) is 0 Å². The van der Waals surface area contributed by atoms with E-state index in [9.17, 15) is 0 Å². The zero-order chi connectivity index (χ0) is 34.2. The third-order valence-electron chi connectivity index (χ3n) is 10.5. The molecule has 264 valence electrons. The summed E-state index contributed by atoms with van der Waals surface area (Å²) in [6.45, 7) is 14.7. The highest BCUT2D eigenvalue weighted by atomic mass is 32.9. The molecule has 4 aliphatic rings. The Balaban J connectivity index is 0.00000152. The van der Waals surface area contributed by atoms with E-state index in [2.05, 4.69) is 105 Å². The van der Waals surface area contributed by atoms with E-state index in [4.69, 9.17) is 0 Å². The second kappa shape index (κ2) is 25.1. The van der Waals surface area contributed by atoms with E-state index in [1.54, 1.807) is 6.42 Å². The standard InChI is InChI=1S/C18H50P20.3C2H6/c1-9-4-6-17(30-19)11-5-7-18(36(24)25)12(2-3-14(18)34(23)37(26)27)10(11)8-13(33(22)31-20)15(17)16(9)35(32-21)38(28)29;3*1-2/h9-16,30-32H,2-8,19-29H2,1H3;3*1-2H3. The molecule has 0 radical (unpaired) electrons. The molecule has 0 spiro atoms. The lowest BCUT2D eigenvalue weighted by Gasteiger charge is -2.68. The molecule has 4 fully saturated rings. The minimum atomic E-state index is -0.0981. The molecule has 0 aromatic rings. The van der Waals surface area contributed by atoms with E-state index >= 15 is 0 Å². The highest BCUT2D eigenvalue weighted by molar-refractivity contribution is 8.87. The van der Waals surface area contributed by atoms with Crippen LogP contribution in [0.25, 0.3) is 0 Å². The molecule has 0 heterocycles. The van der Waals surface area contributed by atoms with Gasteiger partial charge in [-0.15, -0.1) is 98.2 Å². The van der Waals surface area contributed by atoms with E-state index in [0.717, 1.165) is 70.8 Å². The first-order valence-electron chi connectivity index (χ1n) is 16.1. The molecular weight excluding hydrogens is 908 g/mol. The van der Waals surface area contributed by atoms with Crippen LogP contribution in [-0.4, -0.2) is 27.3 Å². The van der Waals surface area contributed by atoms with E-state index in [0.29, 0.717) is 10.3 Å². The summed E-state index contributed by atoms with van der Waals surface area (Å²) in [5, 5.41) is 1.18. The first-order chi connectivity index (χ1) is 20.9. The lowest BCUT2D eigenvalue weighted by Crippen LogP contribution is -2.64. The van der Waals surface area contributed by atoms with Crippen LogP contribution in [0.1, 0.15) is 93.4 Å². The smallest absolute Gasteiger partial charge is 0.00780 e. The lowest BCUT2D eigenvalue weighted by molar-refractivity contribution is 0.00645. The van der Waals surface area contributed by atoms with Gasteiger partial charge in [0, 0.05) is 5.16 Å². The van der Waals surface area contributed by atoms with Crippen molar-refractivity contribution in [3.63, 3.8) is 0 Å². The van der Waals surface area contributed by atoms with E-state index in [-0.39, 0.29) is 43.2 Å². The van der Waals surface area contributed by atoms with Gasteiger partial charge in [0.25, 0.3) is 0 Å². The van der Waals surface area contributed by atoms with Crippen molar-refractivity contribution in [2.75, 3.05) is 0 Å². The first-order valence-corrected chi connectivity index (χ1v) is 48.8. The predicted molar refractivity (Wildman–Crippen MR) is 280 cm³/mol. The molecular formula is C24H68P20. The van der Waals surface area contributed by atoms with Crippen molar-refractivity contribution in [1.82, 2.24) is 0 Å². The molecule has 0 N–H and O–H groups in total. The van der Waals surface area contributed by atoms with Crippen LogP contribution in [0.2, 0.25) is 0 Å². The monoisotopic (exact) mass is 976 g/mol. The molecule has 0 aliphatic heterocycles. The van der Waals surface area contributed by atoms with Gasteiger partial charge in [-0.25, -0.2) is 0 Å². The zero-order valence-electron chi connectivity index (χ0n) is 28.1. The van der Waals surface area contributed by atoms with Gasteiger partial charge < -0.3 is 0 Å². The molecule has 0 amide bonds. The largest absolute Gasteiger partial charge is 0.114 e. The van der Waals surface area contributed by atoms with Gasteiger partial charge in [-0.3, -0.25) is 0 Å². The minimum absolute atomic E-state index is 0.00248. The van der Waals surface area contributed by atoms with Gasteiger partial charge in [-0.05, 0) is 118 Å². The quantitative estimate of drug-likeness (QED) is 0.202. The van der Waals surface area contributed by atoms with Crippen LogP contribution in [0, 0.1) is 29.6 Å². The lowest BCUT2D eigenvalue weighted by atomic mass is 9.52. The summed E-state index contributed by atoms with van der Waals surface area (Å²) in [4.78, 5) is 0. The summed E-state index contributed by atoms with van der Waals surface area (Å²) in [5.74, 6) is 4.80. The van der Waals surface area contributed by atoms with E-state index in [1.807, 2.05) is 41.5 Å². The Hall–Kier alpha value is 8.60. The van der Waals surface area contributed by atoms with E-state index in [1.165, 1.54) is 38.5 Å². The van der Waals surface area contributed by atoms with Crippen LogP contribution in [-0.2, 0) is 0 Å². The molecule has 0 aromatic carbocycles. The van der Waals surface area contributed by atoms with Crippen LogP contribution in [0.3, 0.4) is 0 Å². The van der Waals surface area contributed by atoms with Crippen LogP contribution in [0.15, 0.2) is 0 Å². The second-order valence-corrected chi connectivity index (χ2v) is 64.1. The third-order valence-corrected chi connectivity index (χ3v) is 69.6. The van der Waals surface area contributed by atoms with Crippen molar-refractivity contribution >= 4 is 166 Å². The van der Waals surface area contributed by atoms with Crippen LogP contribution < -0.4 is 0 Å². The molecule has 44 heavy (non-hydrogen) atoms. The normalized spacial score (nSPS) is 40.6. The Morgan fingerprint density at radius 2 is 1.27 bits per heavy atom. The summed E-state index contributed by atoms with van der Waals surface area (Å²) in [6, 6.07) is 0. The van der Waals surface area contributed by atoms with Gasteiger partial charge in [0.1, 0.15) is 0 Å². The predicted octanol–water partition coefficient (Wildman–Crippen LogP) is 16.8. The molecule has 0 bridgehead atoms. The molecule has 0 nitrogen and oxygen atoms in total. The number of fused-ring (bicyclic) bond motifs is 5. The highest BCUT2D eigenvalue weighted by Gasteiger charge is 2.67. The summed E-state index contributed by atoms with van der Waals surface area (Å²) in [5.41, 5.74) is 2.88. The number of rotatable bonds is 9. The maximum atomic E-state index is 3.48. The van der Waals surface area contributed by atoms with E-state index < -0.39 is 0 Å². The van der Waals surface area contributed by atoms with Gasteiger partial charge in [0.05, 0.1) is 0 Å². The Bertz CT molecular complexity index is 806. The molecule has 0 saturated heterocycles. The van der Waals surface area contributed by atoms with Crippen molar-refractivity contribution in [2.45, 2.75) is 121 Å². The molecule has 4 saturated carbocycles. The summed E-state index contributed by atoms with van der Waals surface area (Å²) in [7, 11) is 39.8. The molecule has 0 aromatic heterocycles. The van der Waals surface area contributed by atoms with Gasteiger partial charge in [0.2, 0.25) is 0 Å². The fourth-order valence-electron chi connectivity index (χ4n) is 9.13. The fourth-order valence-corrected chi connectivity index (χ4v) is 58.6. The zero-order valence-corrected chi connectivity index (χ0v) is 49.2. The average Bonchev–Trinajstić information content (AvgIpc) is 3.45. The Morgan fingerprint density at radius 1 is 0.682 bits per heavy atom. The fraction of sp³-hybridized carbons (Fsp3) is 1.00. The highest BCUT2D eigenvalue weighted by Crippen LogP contribution is 2.95. The van der Waals surface area contributed by atoms with Crippen LogP contribution in [0.5, 0.6) is 0 Å². The number of hydrogen-bond acceptors (Lipinski definition) is 0. The molecule has 20 heteroatoms. The van der Waals surface area contributed by atoms with Crippen molar-refractivity contribution in [2.24, 2.45) is 29.6 Å². The average molecular weight is 976 g/mol. The summed E-state index contributed by atoms with van der Waals surface area (Å²) >= 11 is 0. The molecule has 27 unspecified atom stereocenters. The van der Waals surface area contributed by atoms with Gasteiger partial charge in [-0.2, -0.15) is 0 Å². The second-order valence-electron chi connectivity index (χ2n) is 11.6. The van der Waals surface area contributed by atoms with Crippen molar-refractivity contribution in [3.05, 3.63) is 0 Å². The minimum Gasteiger partial charge on any atom is -0.114 e. The number of hydrogen-bond donors (Lipinski definition) is 0. The van der Waals surface area contributed by atoms with Gasteiger partial charge >= 0.3 is 0 Å². The first kappa shape index (κ1) is 50.6. The summed E-state index contributed by atoms with van der Waals surface area (Å²) < 4.78 is 0. The third kappa shape index (κ3) is 11.0. The molecule has 27 atom stereocenters. The maximum Gasteiger partial charge on any atom is 0.00780 e. The SMILES string of the molecule is CC.CC.CC.CC1CCC2(PP)C3CCC4(P(P)P)C(CCC4P(P)P(P)P)C3CC(P(P)PP)C2C1P(PP)P(P)P. The topological polar surface area (TPSA) is 0 Å². The Kier molecular flexibility index (Phi) is 28.8. The van der Waals surface area contributed by atoms with Crippen molar-refractivity contribution in [3.8, 4) is 0 Å². The molecule has 4 aliphatic carbocycles. The Morgan fingerprint density at radius 3 is 1.73 bits per heavy atom. The maximum absolute atomic E-state index is 3.48. The van der Waals surface area contributed by atoms with Gasteiger partial charge in [0.15, 0.2) is 0 Å².